The van der Waals surface area contributed by atoms with Crippen molar-refractivity contribution in [1.82, 2.24) is 9.78 Å². The Kier molecular flexibility index (Phi) is 4.64. The lowest BCUT2D eigenvalue weighted by Crippen LogP contribution is -2.13. The predicted molar refractivity (Wildman–Crippen MR) is 67.9 cm³/mol. The molecule has 15 heavy (non-hydrogen) atoms. The lowest BCUT2D eigenvalue weighted by atomic mass is 10.1. The smallest absolute Gasteiger partial charge is 0.136 e. The number of hydrogen-bond donors (Lipinski definition) is 1. The lowest BCUT2D eigenvalue weighted by Gasteiger charge is -2.17. The summed E-state index contributed by atoms with van der Waals surface area (Å²) in [5.74, 6) is 0.763. The molecule has 0 aliphatic rings. The first-order chi connectivity index (χ1) is 7.11. The number of halogens is 1. The molecule has 1 aromatic rings. The van der Waals surface area contributed by atoms with Crippen LogP contribution in [0.4, 0.5) is 5.82 Å². The third-order valence-corrected chi connectivity index (χ3v) is 3.62. The molecule has 1 heterocycles. The van der Waals surface area contributed by atoms with E-state index in [-0.39, 0.29) is 0 Å². The highest BCUT2D eigenvalue weighted by Gasteiger charge is 2.16. The summed E-state index contributed by atoms with van der Waals surface area (Å²) >= 11 is 3.46. The summed E-state index contributed by atoms with van der Waals surface area (Å²) in [4.78, 5) is 0. The average Bonchev–Trinajstić information content (AvgIpc) is 2.46. The first-order valence-corrected chi connectivity index (χ1v) is 6.41. The fourth-order valence-electron chi connectivity index (χ4n) is 1.88. The van der Waals surface area contributed by atoms with Crippen LogP contribution in [0.5, 0.6) is 0 Å². The van der Waals surface area contributed by atoms with E-state index in [0.717, 1.165) is 28.8 Å². The lowest BCUT2D eigenvalue weighted by molar-refractivity contribution is 0.395. The highest BCUT2D eigenvalue weighted by molar-refractivity contribution is 9.10. The second kappa shape index (κ2) is 5.54. The van der Waals surface area contributed by atoms with Crippen LogP contribution in [0.15, 0.2) is 4.47 Å². The van der Waals surface area contributed by atoms with Gasteiger partial charge in [0.25, 0.3) is 0 Å². The number of nitrogens with zero attached hydrogens (tertiary/aromatic N) is 2. The molecule has 0 aromatic carbocycles. The van der Waals surface area contributed by atoms with E-state index in [1.165, 1.54) is 12.8 Å². The molecule has 0 amide bonds. The van der Waals surface area contributed by atoms with Crippen molar-refractivity contribution in [3.05, 3.63) is 10.2 Å². The Bertz CT molecular complexity index is 314. The first kappa shape index (κ1) is 12.6. The molecule has 1 rings (SSSR count). The second-order valence-corrected chi connectivity index (χ2v) is 4.75. The molecule has 0 fully saturated rings. The molecular weight excluding hydrogens is 254 g/mol. The van der Waals surface area contributed by atoms with E-state index in [2.05, 4.69) is 34.9 Å². The minimum Gasteiger partial charge on any atom is -0.383 e. The van der Waals surface area contributed by atoms with Crippen LogP contribution in [0.3, 0.4) is 0 Å². The summed E-state index contributed by atoms with van der Waals surface area (Å²) in [7, 11) is 0. The van der Waals surface area contributed by atoms with E-state index in [0.29, 0.717) is 6.04 Å². The van der Waals surface area contributed by atoms with Gasteiger partial charge in [0.05, 0.1) is 16.2 Å². The Morgan fingerprint density at radius 2 is 1.87 bits per heavy atom. The van der Waals surface area contributed by atoms with Gasteiger partial charge in [-0.15, -0.1) is 0 Å². The molecule has 86 valence electrons. The summed E-state index contributed by atoms with van der Waals surface area (Å²) in [6.07, 6.45) is 4.62. The molecule has 2 N–H and O–H groups in total. The molecule has 3 nitrogen and oxygen atoms in total. The normalized spacial score (nSPS) is 11.3. The quantitative estimate of drug-likeness (QED) is 0.890. The largest absolute Gasteiger partial charge is 0.383 e. The predicted octanol–water partition coefficient (Wildman–Crippen LogP) is 3.68. The van der Waals surface area contributed by atoms with Gasteiger partial charge in [-0.2, -0.15) is 5.10 Å². The maximum absolute atomic E-state index is 6.02. The molecule has 0 unspecified atom stereocenters. The standard InChI is InChI=1S/C11H20BrN3/c1-4-6-9(7-5-2)15-11(13)10(12)8(3)14-15/h9H,4-7,13H2,1-3H3. The van der Waals surface area contributed by atoms with Crippen molar-refractivity contribution >= 4 is 21.7 Å². The van der Waals surface area contributed by atoms with Gasteiger partial charge in [0.2, 0.25) is 0 Å². The van der Waals surface area contributed by atoms with Crippen LogP contribution in [0.2, 0.25) is 0 Å². The SMILES string of the molecule is CCCC(CCC)n1nc(C)c(Br)c1N. The summed E-state index contributed by atoms with van der Waals surface area (Å²) in [5, 5.41) is 4.49. The number of anilines is 1. The zero-order chi connectivity index (χ0) is 11.4. The molecule has 0 bridgehead atoms. The van der Waals surface area contributed by atoms with Gasteiger partial charge in [0.1, 0.15) is 5.82 Å². The van der Waals surface area contributed by atoms with Gasteiger partial charge in [-0.3, -0.25) is 0 Å². The molecule has 1 aromatic heterocycles. The van der Waals surface area contributed by atoms with E-state index in [1.54, 1.807) is 0 Å². The molecule has 4 heteroatoms. The molecule has 0 spiro atoms. The van der Waals surface area contributed by atoms with Crippen LogP contribution >= 0.6 is 15.9 Å². The van der Waals surface area contributed by atoms with E-state index in [1.807, 2.05) is 11.6 Å². The van der Waals surface area contributed by atoms with Crippen molar-refractivity contribution < 1.29 is 0 Å². The van der Waals surface area contributed by atoms with Crippen LogP contribution in [0, 0.1) is 6.92 Å². The summed E-state index contributed by atoms with van der Waals surface area (Å²) in [6.45, 7) is 6.38. The molecule has 0 radical (unpaired) electrons. The van der Waals surface area contributed by atoms with Gasteiger partial charge in [-0.1, -0.05) is 26.7 Å². The Morgan fingerprint density at radius 3 is 2.20 bits per heavy atom. The Labute approximate surface area is 100 Å². The number of aromatic nitrogens is 2. The highest BCUT2D eigenvalue weighted by Crippen LogP contribution is 2.29. The van der Waals surface area contributed by atoms with E-state index < -0.39 is 0 Å². The third-order valence-electron chi connectivity index (χ3n) is 2.64. The fourth-order valence-corrected chi connectivity index (χ4v) is 2.14. The van der Waals surface area contributed by atoms with Crippen LogP contribution in [0.1, 0.15) is 51.3 Å². The summed E-state index contributed by atoms with van der Waals surface area (Å²) in [6, 6.07) is 0.449. The molecule has 0 aliphatic carbocycles. The van der Waals surface area contributed by atoms with Gasteiger partial charge >= 0.3 is 0 Å². The first-order valence-electron chi connectivity index (χ1n) is 5.61. The monoisotopic (exact) mass is 273 g/mol. The Morgan fingerprint density at radius 1 is 1.33 bits per heavy atom. The maximum atomic E-state index is 6.02. The van der Waals surface area contributed by atoms with Crippen molar-refractivity contribution in [3.63, 3.8) is 0 Å². The van der Waals surface area contributed by atoms with Gasteiger partial charge in [0, 0.05) is 0 Å². The van der Waals surface area contributed by atoms with Gasteiger partial charge in [0.15, 0.2) is 0 Å². The van der Waals surface area contributed by atoms with Crippen molar-refractivity contribution in [2.24, 2.45) is 0 Å². The fraction of sp³-hybridized carbons (Fsp3) is 0.727. The molecule has 0 atom stereocenters. The minimum absolute atomic E-state index is 0.449. The summed E-state index contributed by atoms with van der Waals surface area (Å²) in [5.41, 5.74) is 7.00. The topological polar surface area (TPSA) is 43.8 Å². The number of nitrogens with two attached hydrogens (primary N) is 1. The van der Waals surface area contributed by atoms with Gasteiger partial charge in [-0.05, 0) is 35.7 Å². The molecule has 0 aliphatic heterocycles. The highest BCUT2D eigenvalue weighted by atomic mass is 79.9. The Hall–Kier alpha value is -0.510. The molecule has 0 saturated carbocycles. The van der Waals surface area contributed by atoms with Crippen molar-refractivity contribution in [2.45, 2.75) is 52.5 Å². The zero-order valence-corrected chi connectivity index (χ0v) is 11.3. The van der Waals surface area contributed by atoms with E-state index in [9.17, 15) is 0 Å². The maximum Gasteiger partial charge on any atom is 0.136 e. The zero-order valence-electron chi connectivity index (χ0n) is 9.76. The third kappa shape index (κ3) is 2.74. The number of hydrogen-bond acceptors (Lipinski definition) is 2. The van der Waals surface area contributed by atoms with Crippen LogP contribution < -0.4 is 5.73 Å². The Balaban J connectivity index is 2.94. The second-order valence-electron chi connectivity index (χ2n) is 3.96. The minimum atomic E-state index is 0.449. The van der Waals surface area contributed by atoms with Crippen LogP contribution in [0.25, 0.3) is 0 Å². The van der Waals surface area contributed by atoms with Crippen molar-refractivity contribution in [1.29, 1.82) is 0 Å². The average molecular weight is 274 g/mol. The number of aryl methyl sites for hydroxylation is 1. The molecular formula is C11H20BrN3. The van der Waals surface area contributed by atoms with Gasteiger partial charge in [-0.25, -0.2) is 4.68 Å². The van der Waals surface area contributed by atoms with Crippen molar-refractivity contribution in [3.8, 4) is 0 Å². The van der Waals surface area contributed by atoms with Crippen molar-refractivity contribution in [2.75, 3.05) is 5.73 Å². The van der Waals surface area contributed by atoms with Gasteiger partial charge < -0.3 is 5.73 Å². The number of nitrogen functional groups attached to an aromatic ring is 1. The number of rotatable bonds is 5. The summed E-state index contributed by atoms with van der Waals surface area (Å²) < 4.78 is 2.92. The molecule has 0 saturated heterocycles. The van der Waals surface area contributed by atoms with Crippen LogP contribution in [-0.2, 0) is 0 Å². The van der Waals surface area contributed by atoms with E-state index in [4.69, 9.17) is 5.73 Å². The van der Waals surface area contributed by atoms with Crippen LogP contribution in [-0.4, -0.2) is 9.78 Å². The van der Waals surface area contributed by atoms with E-state index >= 15 is 0 Å².